The molecule has 21 heavy (non-hydrogen) atoms. The second-order valence-electron chi connectivity index (χ2n) is 4.37. The summed E-state index contributed by atoms with van der Waals surface area (Å²) in [7, 11) is 0. The Morgan fingerprint density at radius 3 is 2.38 bits per heavy atom. The van der Waals surface area contributed by atoms with Crippen molar-refractivity contribution in [2.45, 2.75) is 5.88 Å². The van der Waals surface area contributed by atoms with E-state index in [0.717, 1.165) is 17.8 Å². The fourth-order valence-corrected chi connectivity index (χ4v) is 2.25. The molecule has 0 unspecified atom stereocenters. The number of aromatic nitrogens is 3. The summed E-state index contributed by atoms with van der Waals surface area (Å²) in [5.74, 6) is -0.728. The van der Waals surface area contributed by atoms with Crippen LogP contribution in [0.25, 0.3) is 17.1 Å². The molecule has 3 nitrogen and oxygen atoms in total. The molecule has 0 bridgehead atoms. The van der Waals surface area contributed by atoms with Crippen LogP contribution in [0, 0.1) is 11.6 Å². The van der Waals surface area contributed by atoms with Crippen molar-refractivity contribution in [3.8, 4) is 17.1 Å². The summed E-state index contributed by atoms with van der Waals surface area (Å²) in [4.78, 5) is 0. The van der Waals surface area contributed by atoms with E-state index in [2.05, 4.69) is 10.2 Å². The fraction of sp³-hybridized carbons (Fsp3) is 0.0667. The van der Waals surface area contributed by atoms with Gasteiger partial charge in [0, 0.05) is 11.3 Å². The van der Waals surface area contributed by atoms with Crippen molar-refractivity contribution < 1.29 is 8.78 Å². The number of benzene rings is 2. The van der Waals surface area contributed by atoms with Gasteiger partial charge in [-0.15, -0.1) is 21.8 Å². The Balaban J connectivity index is 2.20. The van der Waals surface area contributed by atoms with E-state index in [1.807, 2.05) is 30.3 Å². The minimum Gasteiger partial charge on any atom is -0.278 e. The van der Waals surface area contributed by atoms with E-state index < -0.39 is 11.6 Å². The maximum atomic E-state index is 13.4. The highest BCUT2D eigenvalue weighted by Crippen LogP contribution is 2.24. The van der Waals surface area contributed by atoms with Gasteiger partial charge in [0.25, 0.3) is 0 Å². The zero-order valence-electron chi connectivity index (χ0n) is 10.8. The van der Waals surface area contributed by atoms with Crippen LogP contribution in [0.3, 0.4) is 0 Å². The van der Waals surface area contributed by atoms with Gasteiger partial charge >= 0.3 is 0 Å². The zero-order valence-corrected chi connectivity index (χ0v) is 11.6. The molecular weight excluding hydrogens is 296 g/mol. The Morgan fingerprint density at radius 1 is 0.952 bits per heavy atom. The van der Waals surface area contributed by atoms with Gasteiger partial charge in [0.1, 0.15) is 0 Å². The van der Waals surface area contributed by atoms with Gasteiger partial charge in [-0.05, 0) is 30.3 Å². The van der Waals surface area contributed by atoms with Gasteiger partial charge in [-0.2, -0.15) is 0 Å². The lowest BCUT2D eigenvalue weighted by Gasteiger charge is -2.09. The van der Waals surface area contributed by atoms with Crippen molar-refractivity contribution in [1.82, 2.24) is 14.8 Å². The van der Waals surface area contributed by atoms with Crippen LogP contribution in [0.1, 0.15) is 5.82 Å². The predicted octanol–water partition coefficient (Wildman–Crippen LogP) is 3.95. The number of alkyl halides is 1. The molecule has 0 saturated carbocycles. The average molecular weight is 306 g/mol. The topological polar surface area (TPSA) is 30.7 Å². The van der Waals surface area contributed by atoms with Crippen LogP contribution in [-0.4, -0.2) is 14.8 Å². The summed E-state index contributed by atoms with van der Waals surface area (Å²) in [5.41, 5.74) is 1.24. The first-order valence-electron chi connectivity index (χ1n) is 6.22. The van der Waals surface area contributed by atoms with Crippen LogP contribution in [0.5, 0.6) is 0 Å². The Hall–Kier alpha value is -2.27. The molecule has 0 amide bonds. The van der Waals surface area contributed by atoms with Crippen molar-refractivity contribution in [2.75, 3.05) is 0 Å². The molecule has 0 atom stereocenters. The molecule has 6 heteroatoms. The van der Waals surface area contributed by atoms with Crippen LogP contribution in [0.2, 0.25) is 0 Å². The number of hydrogen-bond acceptors (Lipinski definition) is 2. The lowest BCUT2D eigenvalue weighted by Crippen LogP contribution is -2.02. The molecule has 0 aliphatic rings. The molecule has 3 rings (SSSR count). The normalized spacial score (nSPS) is 10.8. The third kappa shape index (κ3) is 2.52. The molecule has 0 spiro atoms. The number of para-hydroxylation sites is 1. The molecule has 0 fully saturated rings. The Labute approximate surface area is 124 Å². The lowest BCUT2D eigenvalue weighted by atomic mass is 10.2. The zero-order chi connectivity index (χ0) is 14.8. The lowest BCUT2D eigenvalue weighted by molar-refractivity contribution is 0.509. The van der Waals surface area contributed by atoms with Crippen LogP contribution >= 0.6 is 11.6 Å². The standard InChI is InChI=1S/C15H10ClF2N3/c16-9-14-19-20-15(10-6-7-12(17)13(18)8-10)21(14)11-4-2-1-3-5-11/h1-8H,9H2. The second kappa shape index (κ2) is 5.61. The van der Waals surface area contributed by atoms with Gasteiger partial charge in [0.15, 0.2) is 23.3 Å². The molecule has 3 aromatic rings. The van der Waals surface area contributed by atoms with Gasteiger partial charge in [-0.25, -0.2) is 8.78 Å². The number of nitrogens with zero attached hydrogens (tertiary/aromatic N) is 3. The first-order chi connectivity index (χ1) is 10.2. The fourth-order valence-electron chi connectivity index (χ4n) is 2.07. The average Bonchev–Trinajstić information content (AvgIpc) is 2.95. The minimum atomic E-state index is -0.928. The van der Waals surface area contributed by atoms with Crippen LogP contribution in [0.4, 0.5) is 8.78 Å². The smallest absolute Gasteiger partial charge is 0.168 e. The maximum Gasteiger partial charge on any atom is 0.168 e. The predicted molar refractivity (Wildman–Crippen MR) is 76.3 cm³/mol. The first-order valence-corrected chi connectivity index (χ1v) is 6.75. The third-order valence-electron chi connectivity index (χ3n) is 3.04. The summed E-state index contributed by atoms with van der Waals surface area (Å²) in [6.45, 7) is 0. The Bertz CT molecular complexity index is 772. The molecule has 0 saturated heterocycles. The van der Waals surface area contributed by atoms with Gasteiger partial charge in [0.05, 0.1) is 5.88 Å². The monoisotopic (exact) mass is 305 g/mol. The van der Waals surface area contributed by atoms with E-state index in [4.69, 9.17) is 11.6 Å². The van der Waals surface area contributed by atoms with Gasteiger partial charge in [-0.1, -0.05) is 18.2 Å². The van der Waals surface area contributed by atoms with E-state index in [1.54, 1.807) is 4.57 Å². The number of halogens is 3. The maximum absolute atomic E-state index is 13.4. The molecule has 1 aromatic heterocycles. The molecule has 106 valence electrons. The quantitative estimate of drug-likeness (QED) is 0.686. The number of rotatable bonds is 3. The molecule has 0 N–H and O–H groups in total. The highest BCUT2D eigenvalue weighted by atomic mass is 35.5. The van der Waals surface area contributed by atoms with Gasteiger partial charge in [0.2, 0.25) is 0 Å². The molecule has 2 aromatic carbocycles. The highest BCUT2D eigenvalue weighted by Gasteiger charge is 2.16. The van der Waals surface area contributed by atoms with Crippen molar-refractivity contribution in [3.63, 3.8) is 0 Å². The van der Waals surface area contributed by atoms with E-state index in [0.29, 0.717) is 17.2 Å². The molecule has 1 heterocycles. The van der Waals surface area contributed by atoms with E-state index >= 15 is 0 Å². The molecule has 0 aliphatic heterocycles. The third-order valence-corrected chi connectivity index (χ3v) is 3.28. The minimum absolute atomic E-state index is 0.158. The van der Waals surface area contributed by atoms with Crippen LogP contribution in [-0.2, 0) is 5.88 Å². The second-order valence-corrected chi connectivity index (χ2v) is 4.64. The van der Waals surface area contributed by atoms with Crippen LogP contribution < -0.4 is 0 Å². The highest BCUT2D eigenvalue weighted by molar-refractivity contribution is 6.16. The van der Waals surface area contributed by atoms with Crippen LogP contribution in [0.15, 0.2) is 48.5 Å². The summed E-state index contributed by atoms with van der Waals surface area (Å²) >= 11 is 5.88. The Morgan fingerprint density at radius 2 is 1.71 bits per heavy atom. The summed E-state index contributed by atoms with van der Waals surface area (Å²) in [6.07, 6.45) is 0. The molecule has 0 aliphatic carbocycles. The SMILES string of the molecule is Fc1ccc(-c2nnc(CCl)n2-c2ccccc2)cc1F. The van der Waals surface area contributed by atoms with E-state index in [1.165, 1.54) is 6.07 Å². The van der Waals surface area contributed by atoms with E-state index in [9.17, 15) is 8.78 Å². The molecular formula is C15H10ClF2N3. The van der Waals surface area contributed by atoms with E-state index in [-0.39, 0.29) is 5.88 Å². The summed E-state index contributed by atoms with van der Waals surface area (Å²) < 4.78 is 28.2. The van der Waals surface area contributed by atoms with Crippen molar-refractivity contribution in [2.24, 2.45) is 0 Å². The summed E-state index contributed by atoms with van der Waals surface area (Å²) in [6, 6.07) is 13.0. The number of hydrogen-bond donors (Lipinski definition) is 0. The van der Waals surface area contributed by atoms with Crippen molar-refractivity contribution in [3.05, 3.63) is 66.0 Å². The molecule has 0 radical (unpaired) electrons. The Kier molecular flexibility index (Phi) is 3.66. The largest absolute Gasteiger partial charge is 0.278 e. The summed E-state index contributed by atoms with van der Waals surface area (Å²) in [5, 5.41) is 8.05. The first kappa shape index (κ1) is 13.7. The van der Waals surface area contributed by atoms with Crippen molar-refractivity contribution in [1.29, 1.82) is 0 Å². The van der Waals surface area contributed by atoms with Gasteiger partial charge in [-0.3, -0.25) is 4.57 Å². The van der Waals surface area contributed by atoms with Gasteiger partial charge < -0.3 is 0 Å². The van der Waals surface area contributed by atoms with Crippen molar-refractivity contribution >= 4 is 11.6 Å².